The van der Waals surface area contributed by atoms with Gasteiger partial charge in [-0.1, -0.05) is 0 Å². The topological polar surface area (TPSA) is 77.1 Å². The standard InChI is InChI=1S/C16H11F2N3O3/c17-10-5-9-12(22)6-11(16(23)24)21(8-1-2-8)14(9)13(18)15(10)20-4-3-19-7-20/h3-8H,1-2H2,(H,23,24). The van der Waals surface area contributed by atoms with Gasteiger partial charge in [0, 0.05) is 24.5 Å². The van der Waals surface area contributed by atoms with Gasteiger partial charge in [0.15, 0.2) is 17.1 Å². The summed E-state index contributed by atoms with van der Waals surface area (Å²) >= 11 is 0. The van der Waals surface area contributed by atoms with Gasteiger partial charge in [0.25, 0.3) is 0 Å². The van der Waals surface area contributed by atoms with E-state index in [0.717, 1.165) is 16.7 Å². The number of fused-ring (bicyclic) bond motifs is 1. The summed E-state index contributed by atoms with van der Waals surface area (Å²) in [5.41, 5.74) is -1.60. The van der Waals surface area contributed by atoms with E-state index < -0.39 is 28.7 Å². The molecule has 1 fully saturated rings. The Labute approximate surface area is 133 Å². The van der Waals surface area contributed by atoms with Crippen LogP contribution in [0.5, 0.6) is 0 Å². The normalized spacial score (nSPS) is 14.2. The lowest BCUT2D eigenvalue weighted by Gasteiger charge is -2.16. The van der Waals surface area contributed by atoms with Crippen LogP contribution in [0.15, 0.2) is 35.6 Å². The molecule has 2 aromatic heterocycles. The molecule has 0 radical (unpaired) electrons. The molecule has 1 aromatic carbocycles. The van der Waals surface area contributed by atoms with Crippen molar-refractivity contribution >= 4 is 16.9 Å². The van der Waals surface area contributed by atoms with Gasteiger partial charge >= 0.3 is 5.97 Å². The van der Waals surface area contributed by atoms with Crippen molar-refractivity contribution in [3.8, 4) is 5.69 Å². The maximum absolute atomic E-state index is 15.1. The van der Waals surface area contributed by atoms with Gasteiger partial charge in [-0.05, 0) is 18.9 Å². The van der Waals surface area contributed by atoms with E-state index in [0.29, 0.717) is 12.8 Å². The summed E-state index contributed by atoms with van der Waals surface area (Å²) in [6.45, 7) is 0. The summed E-state index contributed by atoms with van der Waals surface area (Å²) in [6, 6.07) is 1.65. The number of pyridine rings is 1. The second-order valence-electron chi connectivity index (χ2n) is 5.69. The molecule has 0 atom stereocenters. The molecule has 1 saturated carbocycles. The van der Waals surface area contributed by atoms with Crippen LogP contribution >= 0.6 is 0 Å². The molecule has 0 bridgehead atoms. The van der Waals surface area contributed by atoms with E-state index in [2.05, 4.69) is 4.98 Å². The number of aromatic carboxylic acids is 1. The molecular formula is C16H11F2N3O3. The largest absolute Gasteiger partial charge is 0.477 e. The second-order valence-corrected chi connectivity index (χ2v) is 5.69. The molecule has 2 heterocycles. The third-order valence-electron chi connectivity index (χ3n) is 4.10. The van der Waals surface area contributed by atoms with Crippen LogP contribution in [0.2, 0.25) is 0 Å². The van der Waals surface area contributed by atoms with Gasteiger partial charge in [-0.15, -0.1) is 0 Å². The monoisotopic (exact) mass is 331 g/mol. The van der Waals surface area contributed by atoms with Crippen molar-refractivity contribution < 1.29 is 18.7 Å². The molecule has 4 rings (SSSR count). The number of hydrogen-bond donors (Lipinski definition) is 1. The van der Waals surface area contributed by atoms with Gasteiger partial charge in [0.1, 0.15) is 11.4 Å². The minimum absolute atomic E-state index is 0.175. The summed E-state index contributed by atoms with van der Waals surface area (Å²) < 4.78 is 31.9. The minimum atomic E-state index is -1.33. The molecule has 0 saturated heterocycles. The number of hydrogen-bond acceptors (Lipinski definition) is 3. The molecule has 3 aromatic rings. The zero-order valence-electron chi connectivity index (χ0n) is 12.2. The van der Waals surface area contributed by atoms with E-state index in [1.807, 2.05) is 0 Å². The molecule has 122 valence electrons. The fourth-order valence-electron chi connectivity index (χ4n) is 2.92. The molecular weight excluding hydrogens is 320 g/mol. The summed E-state index contributed by atoms with van der Waals surface area (Å²) in [7, 11) is 0. The average Bonchev–Trinajstić information content (AvgIpc) is 3.23. The highest BCUT2D eigenvalue weighted by Gasteiger charge is 2.31. The van der Waals surface area contributed by atoms with Gasteiger partial charge in [-0.3, -0.25) is 4.79 Å². The predicted octanol–water partition coefficient (Wildman–Crippen LogP) is 2.50. The van der Waals surface area contributed by atoms with Gasteiger partial charge in [-0.25, -0.2) is 18.6 Å². The number of halogens is 2. The fraction of sp³-hybridized carbons (Fsp3) is 0.188. The number of carboxylic acids is 1. The van der Waals surface area contributed by atoms with Crippen LogP contribution in [0.25, 0.3) is 16.6 Å². The number of rotatable bonds is 3. The van der Waals surface area contributed by atoms with Crippen molar-refractivity contribution in [2.45, 2.75) is 18.9 Å². The number of benzene rings is 1. The van der Waals surface area contributed by atoms with E-state index in [1.54, 1.807) is 0 Å². The molecule has 24 heavy (non-hydrogen) atoms. The lowest BCUT2D eigenvalue weighted by Crippen LogP contribution is -2.19. The van der Waals surface area contributed by atoms with Crippen molar-refractivity contribution in [2.75, 3.05) is 0 Å². The zero-order valence-corrected chi connectivity index (χ0v) is 12.2. The Kier molecular flexibility index (Phi) is 3.02. The minimum Gasteiger partial charge on any atom is -0.477 e. The molecule has 1 aliphatic carbocycles. The van der Waals surface area contributed by atoms with Gasteiger partial charge in [-0.2, -0.15) is 0 Å². The van der Waals surface area contributed by atoms with E-state index in [4.69, 9.17) is 0 Å². The Morgan fingerprint density at radius 1 is 1.29 bits per heavy atom. The molecule has 6 nitrogen and oxygen atoms in total. The smallest absolute Gasteiger partial charge is 0.352 e. The molecule has 0 aliphatic heterocycles. The SMILES string of the molecule is O=C(O)c1cc(=O)c2cc(F)c(-n3ccnc3)c(F)c2n1C1CC1. The number of carboxylic acid groups (broad SMARTS) is 1. The Bertz CT molecular complexity index is 1040. The third-order valence-corrected chi connectivity index (χ3v) is 4.10. The number of aromatic nitrogens is 3. The lowest BCUT2D eigenvalue weighted by atomic mass is 10.1. The Morgan fingerprint density at radius 2 is 2.04 bits per heavy atom. The van der Waals surface area contributed by atoms with Crippen molar-refractivity contribution in [3.63, 3.8) is 0 Å². The van der Waals surface area contributed by atoms with Crippen LogP contribution < -0.4 is 5.43 Å². The number of nitrogens with zero attached hydrogens (tertiary/aromatic N) is 3. The van der Waals surface area contributed by atoms with Gasteiger partial charge in [0.2, 0.25) is 0 Å². The molecule has 1 aliphatic rings. The van der Waals surface area contributed by atoms with Crippen LogP contribution in [0, 0.1) is 11.6 Å². The van der Waals surface area contributed by atoms with E-state index in [9.17, 15) is 19.1 Å². The maximum Gasteiger partial charge on any atom is 0.352 e. The van der Waals surface area contributed by atoms with Crippen molar-refractivity contribution in [2.24, 2.45) is 0 Å². The van der Waals surface area contributed by atoms with Crippen LogP contribution in [-0.4, -0.2) is 25.2 Å². The average molecular weight is 331 g/mol. The van der Waals surface area contributed by atoms with Gasteiger partial charge in [0.05, 0.1) is 17.2 Å². The molecule has 8 heteroatoms. The first-order valence-electron chi connectivity index (χ1n) is 7.28. The van der Waals surface area contributed by atoms with E-state index >= 15 is 4.39 Å². The highest BCUT2D eigenvalue weighted by Crippen LogP contribution is 2.39. The van der Waals surface area contributed by atoms with Crippen LogP contribution in [0.4, 0.5) is 8.78 Å². The zero-order chi connectivity index (χ0) is 17.0. The van der Waals surface area contributed by atoms with Crippen molar-refractivity contribution in [1.82, 2.24) is 14.1 Å². The first-order valence-corrected chi connectivity index (χ1v) is 7.28. The first-order chi connectivity index (χ1) is 11.5. The van der Waals surface area contributed by atoms with Crippen LogP contribution in [0.3, 0.4) is 0 Å². The van der Waals surface area contributed by atoms with Crippen molar-refractivity contribution in [1.29, 1.82) is 0 Å². The van der Waals surface area contributed by atoms with E-state index in [1.165, 1.54) is 23.3 Å². The van der Waals surface area contributed by atoms with Crippen molar-refractivity contribution in [3.05, 3.63) is 58.4 Å². The molecule has 0 amide bonds. The molecule has 0 unspecified atom stereocenters. The highest BCUT2D eigenvalue weighted by molar-refractivity contribution is 5.91. The third kappa shape index (κ3) is 2.03. The fourth-order valence-corrected chi connectivity index (χ4v) is 2.92. The maximum atomic E-state index is 15.1. The van der Waals surface area contributed by atoms with Crippen LogP contribution in [0.1, 0.15) is 29.4 Å². The quantitative estimate of drug-likeness (QED) is 0.800. The Hall–Kier alpha value is -3.03. The summed E-state index contributed by atoms with van der Waals surface area (Å²) in [6.07, 6.45) is 5.32. The molecule has 0 spiro atoms. The lowest BCUT2D eigenvalue weighted by molar-refractivity contribution is 0.0684. The van der Waals surface area contributed by atoms with E-state index in [-0.39, 0.29) is 22.6 Å². The number of carbonyl (C=O) groups is 1. The highest BCUT2D eigenvalue weighted by atomic mass is 19.1. The van der Waals surface area contributed by atoms with Gasteiger partial charge < -0.3 is 14.2 Å². The summed E-state index contributed by atoms with van der Waals surface area (Å²) in [4.78, 5) is 27.4. The molecule has 1 N–H and O–H groups in total. The second kappa shape index (κ2) is 4.98. The predicted molar refractivity (Wildman–Crippen MR) is 80.5 cm³/mol. The summed E-state index contributed by atoms with van der Waals surface area (Å²) in [5, 5.41) is 9.18. The Morgan fingerprint density at radius 3 is 2.62 bits per heavy atom. The van der Waals surface area contributed by atoms with Crippen LogP contribution in [-0.2, 0) is 0 Å². The Balaban J connectivity index is 2.19. The summed E-state index contributed by atoms with van der Waals surface area (Å²) in [5.74, 6) is -3.22. The number of imidazole rings is 1. The first kappa shape index (κ1) is 14.6.